The third-order valence-corrected chi connectivity index (χ3v) is 12.0. The van der Waals surface area contributed by atoms with Crippen molar-refractivity contribution < 1.29 is 37.3 Å². The average molecular weight is 980 g/mol. The molecule has 0 saturated carbocycles. The predicted octanol–water partition coefficient (Wildman–Crippen LogP) is 16.6. The standard InChI is InChI=1S/C60H102NO7P/c1-6-8-10-12-14-16-18-20-22-24-26-28-29-30-31-32-34-36-38-40-42-44-46-48-50-52-55-65-57-59(58-67-69(63,64)66-56-54-61(3,4)5)68-60(62)53-51-49-47-45-43-41-39-37-35-33-27-25-23-21-19-17-15-13-11-9-7-2/h8,10,14,16,19-22,25-28,30-31,34-37,40,42,59H,6-7,9,11-13,15,17-18,23-24,29,32-33,38-39,41,43-58H2,1-5H3/b10-8-,16-14-,21-19-,22-20-,27-25-,28-26-,31-30-,36-34-,37-35-,42-40-. The number of quaternary nitrogens is 1. The number of hydrogen-bond donors (Lipinski definition) is 0. The Morgan fingerprint density at radius 1 is 0.464 bits per heavy atom. The number of hydrogen-bond acceptors (Lipinski definition) is 7. The summed E-state index contributed by atoms with van der Waals surface area (Å²) >= 11 is 0. The van der Waals surface area contributed by atoms with Crippen LogP contribution in [0.3, 0.4) is 0 Å². The van der Waals surface area contributed by atoms with Crippen molar-refractivity contribution in [3.63, 3.8) is 0 Å². The molecule has 2 unspecified atom stereocenters. The van der Waals surface area contributed by atoms with Crippen LogP contribution in [0, 0.1) is 0 Å². The minimum atomic E-state index is -4.56. The summed E-state index contributed by atoms with van der Waals surface area (Å²) < 4.78 is 34.7. The maximum atomic E-state index is 12.8. The summed E-state index contributed by atoms with van der Waals surface area (Å²) in [4.78, 5) is 25.2. The highest BCUT2D eigenvalue weighted by Gasteiger charge is 2.20. The van der Waals surface area contributed by atoms with Crippen LogP contribution in [-0.2, 0) is 27.9 Å². The first-order valence-corrected chi connectivity index (χ1v) is 28.7. The van der Waals surface area contributed by atoms with Crippen molar-refractivity contribution >= 4 is 13.8 Å². The molecule has 394 valence electrons. The van der Waals surface area contributed by atoms with Gasteiger partial charge in [-0.15, -0.1) is 0 Å². The van der Waals surface area contributed by atoms with Gasteiger partial charge in [0.25, 0.3) is 7.82 Å². The molecule has 0 fully saturated rings. The van der Waals surface area contributed by atoms with Gasteiger partial charge >= 0.3 is 5.97 Å². The minimum Gasteiger partial charge on any atom is -0.756 e. The van der Waals surface area contributed by atoms with E-state index in [1.54, 1.807) is 0 Å². The highest BCUT2D eigenvalue weighted by Crippen LogP contribution is 2.38. The molecule has 0 saturated heterocycles. The summed E-state index contributed by atoms with van der Waals surface area (Å²) in [5.74, 6) is -0.360. The highest BCUT2D eigenvalue weighted by molar-refractivity contribution is 7.45. The van der Waals surface area contributed by atoms with Crippen LogP contribution in [0.2, 0.25) is 0 Å². The van der Waals surface area contributed by atoms with E-state index in [1.807, 2.05) is 21.1 Å². The molecule has 0 spiro atoms. The maximum Gasteiger partial charge on any atom is 0.306 e. The van der Waals surface area contributed by atoms with Crippen LogP contribution in [0.4, 0.5) is 0 Å². The average Bonchev–Trinajstić information content (AvgIpc) is 3.31. The third kappa shape index (κ3) is 55.7. The lowest BCUT2D eigenvalue weighted by Crippen LogP contribution is -2.37. The van der Waals surface area contributed by atoms with Gasteiger partial charge in [0.1, 0.15) is 19.3 Å². The van der Waals surface area contributed by atoms with Gasteiger partial charge in [0.2, 0.25) is 0 Å². The topological polar surface area (TPSA) is 94.1 Å². The van der Waals surface area contributed by atoms with Gasteiger partial charge in [0.15, 0.2) is 0 Å². The SMILES string of the molecule is CC/C=C\C/C=C\C/C=C\C/C=C\C/C=C\C/C=C\C/C=C\CCCCCCOCC(COP(=O)([O-])OCC[N+](C)(C)C)OC(=O)CCCCCCCC/C=C\C/C=C\C/C=C\CCCCCCC. The minimum absolute atomic E-state index is 0.0104. The maximum absolute atomic E-state index is 12.8. The molecule has 0 rings (SSSR count). The molecule has 0 N–H and O–H groups in total. The molecule has 0 heterocycles. The number of carbonyl (C=O) groups is 1. The second kappa shape index (κ2) is 51.3. The monoisotopic (exact) mass is 980 g/mol. The van der Waals surface area contributed by atoms with Gasteiger partial charge in [-0.05, 0) is 109 Å². The Hall–Kier alpha value is -3.10. The molecule has 0 aliphatic rings. The molecule has 0 aliphatic heterocycles. The first-order chi connectivity index (χ1) is 33.6. The second-order valence-electron chi connectivity index (χ2n) is 18.9. The van der Waals surface area contributed by atoms with E-state index in [4.69, 9.17) is 18.5 Å². The molecule has 2 atom stereocenters. The molecule has 0 bridgehead atoms. The van der Waals surface area contributed by atoms with E-state index in [-0.39, 0.29) is 32.2 Å². The molecule has 8 nitrogen and oxygen atoms in total. The lowest BCUT2D eigenvalue weighted by Gasteiger charge is -2.28. The van der Waals surface area contributed by atoms with E-state index in [2.05, 4.69) is 135 Å². The third-order valence-electron chi connectivity index (χ3n) is 11.0. The van der Waals surface area contributed by atoms with Crippen molar-refractivity contribution in [2.75, 3.05) is 54.1 Å². The Labute approximate surface area is 424 Å². The molecular formula is C60H102NO7P. The molecule has 0 aliphatic carbocycles. The molecular weight excluding hydrogens is 878 g/mol. The summed E-state index contributed by atoms with van der Waals surface area (Å²) in [5, 5.41) is 0. The first-order valence-electron chi connectivity index (χ1n) is 27.3. The molecule has 0 aromatic heterocycles. The van der Waals surface area contributed by atoms with Gasteiger partial charge < -0.3 is 27.9 Å². The number of likely N-dealkylation sites (N-methyl/N-ethyl adjacent to an activating group) is 1. The Morgan fingerprint density at radius 2 is 0.841 bits per heavy atom. The number of esters is 1. The zero-order chi connectivity index (χ0) is 50.5. The molecule has 0 aromatic rings. The number of nitrogens with zero attached hydrogens (tertiary/aromatic N) is 1. The fourth-order valence-electron chi connectivity index (χ4n) is 6.83. The zero-order valence-corrected chi connectivity index (χ0v) is 45.6. The second-order valence-corrected chi connectivity index (χ2v) is 20.3. The number of carbonyl (C=O) groups excluding carboxylic acids is 1. The quantitative estimate of drug-likeness (QED) is 0.0197. The molecule has 0 amide bonds. The number of ether oxygens (including phenoxy) is 2. The first kappa shape index (κ1) is 65.9. The van der Waals surface area contributed by atoms with E-state index >= 15 is 0 Å². The van der Waals surface area contributed by atoms with Gasteiger partial charge in [0.05, 0.1) is 34.4 Å². The molecule has 0 radical (unpaired) electrons. The summed E-state index contributed by atoms with van der Waals surface area (Å²) in [5.41, 5.74) is 0. The lowest BCUT2D eigenvalue weighted by atomic mass is 10.1. The predicted molar refractivity (Wildman–Crippen MR) is 295 cm³/mol. The van der Waals surface area contributed by atoms with Crippen molar-refractivity contribution in [2.45, 2.75) is 200 Å². The van der Waals surface area contributed by atoms with Gasteiger partial charge in [-0.3, -0.25) is 9.36 Å². The summed E-state index contributed by atoms with van der Waals surface area (Å²) in [6, 6.07) is 0. The Bertz CT molecular complexity index is 1510. The normalized spacial score (nSPS) is 14.5. The summed E-state index contributed by atoms with van der Waals surface area (Å²) in [6.45, 7) is 5.18. The molecule has 9 heteroatoms. The van der Waals surface area contributed by atoms with Crippen LogP contribution in [0.1, 0.15) is 194 Å². The van der Waals surface area contributed by atoms with E-state index in [1.165, 1.54) is 51.4 Å². The van der Waals surface area contributed by atoms with Gasteiger partial charge in [0, 0.05) is 13.0 Å². The van der Waals surface area contributed by atoms with Crippen LogP contribution >= 0.6 is 7.82 Å². The van der Waals surface area contributed by atoms with Crippen molar-refractivity contribution in [3.05, 3.63) is 122 Å². The number of rotatable bonds is 49. The van der Waals surface area contributed by atoms with Crippen LogP contribution < -0.4 is 4.89 Å². The lowest BCUT2D eigenvalue weighted by molar-refractivity contribution is -0.870. The summed E-state index contributed by atoms with van der Waals surface area (Å²) in [7, 11) is 1.31. The zero-order valence-electron chi connectivity index (χ0n) is 44.7. The fourth-order valence-corrected chi connectivity index (χ4v) is 7.56. The van der Waals surface area contributed by atoms with Gasteiger partial charge in [-0.2, -0.15) is 0 Å². The number of phosphoric acid groups is 1. The summed E-state index contributed by atoms with van der Waals surface area (Å²) in [6.07, 6.45) is 73.7. The Balaban J connectivity index is 4.25. The van der Waals surface area contributed by atoms with Crippen molar-refractivity contribution in [2.24, 2.45) is 0 Å². The van der Waals surface area contributed by atoms with E-state index in [0.717, 1.165) is 122 Å². The van der Waals surface area contributed by atoms with E-state index < -0.39 is 13.9 Å². The Kier molecular flexibility index (Phi) is 49.0. The van der Waals surface area contributed by atoms with Crippen molar-refractivity contribution in [1.29, 1.82) is 0 Å². The largest absolute Gasteiger partial charge is 0.756 e. The van der Waals surface area contributed by atoms with E-state index in [9.17, 15) is 14.3 Å². The smallest absolute Gasteiger partial charge is 0.306 e. The van der Waals surface area contributed by atoms with Gasteiger partial charge in [-0.25, -0.2) is 0 Å². The van der Waals surface area contributed by atoms with Crippen LogP contribution in [0.15, 0.2) is 122 Å². The van der Waals surface area contributed by atoms with Crippen LogP contribution in [-0.4, -0.2) is 70.7 Å². The van der Waals surface area contributed by atoms with E-state index in [0.29, 0.717) is 17.6 Å². The van der Waals surface area contributed by atoms with Crippen LogP contribution in [0.25, 0.3) is 0 Å². The number of unbranched alkanes of at least 4 members (excludes halogenated alkanes) is 15. The number of allylic oxidation sites excluding steroid dienone is 20. The van der Waals surface area contributed by atoms with Crippen molar-refractivity contribution in [1.82, 2.24) is 0 Å². The fraction of sp³-hybridized carbons (Fsp3) is 0.650. The Morgan fingerprint density at radius 3 is 1.26 bits per heavy atom. The molecule has 0 aromatic carbocycles. The van der Waals surface area contributed by atoms with Crippen LogP contribution in [0.5, 0.6) is 0 Å². The van der Waals surface area contributed by atoms with Crippen molar-refractivity contribution in [3.8, 4) is 0 Å². The number of phosphoric ester groups is 1. The van der Waals surface area contributed by atoms with Gasteiger partial charge in [-0.1, -0.05) is 200 Å². The molecule has 69 heavy (non-hydrogen) atoms. The highest BCUT2D eigenvalue weighted by atomic mass is 31.2.